The van der Waals surface area contributed by atoms with Gasteiger partial charge in [0.2, 0.25) is 5.88 Å². The molecule has 0 fully saturated rings. The second-order valence-electron chi connectivity index (χ2n) is 3.87. The Kier molecular flexibility index (Phi) is 3.84. The molecule has 1 aromatic heterocycles. The Bertz CT molecular complexity index is 620. The third kappa shape index (κ3) is 3.13. The maximum Gasteiger partial charge on any atom is 0.237 e. The highest BCUT2D eigenvalue weighted by Gasteiger charge is 2.04. The van der Waals surface area contributed by atoms with Gasteiger partial charge in [-0.25, -0.2) is 4.98 Å². The minimum Gasteiger partial charge on any atom is -0.497 e. The summed E-state index contributed by atoms with van der Waals surface area (Å²) in [4.78, 5) is 4.01. The molecule has 5 nitrogen and oxygen atoms in total. The summed E-state index contributed by atoms with van der Waals surface area (Å²) >= 11 is 0. The molecule has 0 aliphatic carbocycles. The topological polar surface area (TPSA) is 81.2 Å². The van der Waals surface area contributed by atoms with Crippen molar-refractivity contribution in [2.45, 2.75) is 6.61 Å². The molecule has 1 aromatic carbocycles. The van der Waals surface area contributed by atoms with E-state index >= 15 is 0 Å². The molecular formula is C14H13N3O2. The summed E-state index contributed by atoms with van der Waals surface area (Å²) in [6, 6.07) is 11.0. The fraction of sp³-hybridized carbons (Fsp3) is 0.143. The third-order valence-electron chi connectivity index (χ3n) is 2.52. The van der Waals surface area contributed by atoms with Gasteiger partial charge in [-0.2, -0.15) is 5.26 Å². The molecule has 2 aromatic rings. The molecule has 0 amide bonds. The predicted molar refractivity (Wildman–Crippen MR) is 70.7 cm³/mol. The lowest BCUT2D eigenvalue weighted by molar-refractivity contribution is 0.295. The number of hydrogen-bond acceptors (Lipinski definition) is 5. The van der Waals surface area contributed by atoms with Gasteiger partial charge in [-0.05, 0) is 23.8 Å². The molecule has 2 N–H and O–H groups in total. The van der Waals surface area contributed by atoms with E-state index in [4.69, 9.17) is 20.5 Å². The molecule has 1 heterocycles. The number of nitrogen functional groups attached to an aromatic ring is 1. The fourth-order valence-electron chi connectivity index (χ4n) is 1.56. The van der Waals surface area contributed by atoms with Crippen molar-refractivity contribution >= 4 is 5.69 Å². The van der Waals surface area contributed by atoms with Crippen molar-refractivity contribution in [3.8, 4) is 17.7 Å². The fourth-order valence-corrected chi connectivity index (χ4v) is 1.56. The maximum atomic E-state index is 8.72. The van der Waals surface area contributed by atoms with Crippen LogP contribution in [0.3, 0.4) is 0 Å². The summed E-state index contributed by atoms with van der Waals surface area (Å²) in [7, 11) is 1.61. The van der Waals surface area contributed by atoms with Crippen molar-refractivity contribution in [3.63, 3.8) is 0 Å². The molecule has 5 heteroatoms. The summed E-state index contributed by atoms with van der Waals surface area (Å²) in [5, 5.41) is 8.72. The van der Waals surface area contributed by atoms with Crippen molar-refractivity contribution in [1.29, 1.82) is 5.26 Å². The lowest BCUT2D eigenvalue weighted by Gasteiger charge is -2.08. The number of nitriles is 1. The van der Waals surface area contributed by atoms with E-state index in [0.717, 1.165) is 11.3 Å². The molecule has 0 bridgehead atoms. The SMILES string of the molecule is COc1cccc(COc2ncc(C#N)cc2N)c1. The number of rotatable bonds is 4. The van der Waals surface area contributed by atoms with E-state index in [0.29, 0.717) is 23.7 Å². The van der Waals surface area contributed by atoms with Crippen LogP contribution in [-0.2, 0) is 6.61 Å². The van der Waals surface area contributed by atoms with Crippen LogP contribution in [0.4, 0.5) is 5.69 Å². The van der Waals surface area contributed by atoms with Crippen molar-refractivity contribution in [3.05, 3.63) is 47.7 Å². The van der Waals surface area contributed by atoms with E-state index < -0.39 is 0 Å². The molecule has 0 unspecified atom stereocenters. The Morgan fingerprint density at radius 3 is 2.89 bits per heavy atom. The number of nitrogens with zero attached hydrogens (tertiary/aromatic N) is 2. The van der Waals surface area contributed by atoms with Crippen LogP contribution in [0.5, 0.6) is 11.6 Å². The van der Waals surface area contributed by atoms with E-state index in [2.05, 4.69) is 4.98 Å². The number of aromatic nitrogens is 1. The van der Waals surface area contributed by atoms with Gasteiger partial charge in [0.05, 0.1) is 18.4 Å². The van der Waals surface area contributed by atoms with Gasteiger partial charge in [0.15, 0.2) is 0 Å². The first-order chi connectivity index (χ1) is 9.22. The maximum absolute atomic E-state index is 8.72. The van der Waals surface area contributed by atoms with Crippen molar-refractivity contribution in [2.75, 3.05) is 12.8 Å². The molecule has 0 atom stereocenters. The number of nitrogens with two attached hydrogens (primary N) is 1. The zero-order chi connectivity index (χ0) is 13.7. The second kappa shape index (κ2) is 5.74. The molecule has 0 aliphatic heterocycles. The Balaban J connectivity index is 2.08. The molecule has 19 heavy (non-hydrogen) atoms. The lowest BCUT2D eigenvalue weighted by Crippen LogP contribution is -2.01. The molecule has 0 saturated carbocycles. The Labute approximate surface area is 111 Å². The van der Waals surface area contributed by atoms with Crippen LogP contribution in [0.1, 0.15) is 11.1 Å². The molecule has 96 valence electrons. The number of anilines is 1. The van der Waals surface area contributed by atoms with Gasteiger partial charge in [-0.3, -0.25) is 0 Å². The number of pyridine rings is 1. The number of hydrogen-bond donors (Lipinski definition) is 1. The predicted octanol–water partition coefficient (Wildman–Crippen LogP) is 2.12. The minimum atomic E-state index is 0.321. The quantitative estimate of drug-likeness (QED) is 0.905. The minimum absolute atomic E-state index is 0.321. The van der Waals surface area contributed by atoms with Gasteiger partial charge in [0, 0.05) is 6.20 Å². The standard InChI is InChI=1S/C14H13N3O2/c1-18-12-4-2-3-10(5-12)9-19-14-13(16)6-11(7-15)8-17-14/h2-6,8H,9,16H2,1H3. The largest absolute Gasteiger partial charge is 0.497 e. The number of methoxy groups -OCH3 is 1. The van der Waals surface area contributed by atoms with Gasteiger partial charge in [-0.1, -0.05) is 12.1 Å². The normalized spacial score (nSPS) is 9.68. The van der Waals surface area contributed by atoms with Crippen molar-refractivity contribution in [2.24, 2.45) is 0 Å². The first kappa shape index (κ1) is 12.7. The number of benzene rings is 1. The summed E-state index contributed by atoms with van der Waals surface area (Å²) in [5.74, 6) is 1.09. The van der Waals surface area contributed by atoms with Crippen molar-refractivity contribution < 1.29 is 9.47 Å². The summed E-state index contributed by atoms with van der Waals surface area (Å²) in [6.45, 7) is 0.334. The van der Waals surface area contributed by atoms with Crippen LogP contribution >= 0.6 is 0 Å². The zero-order valence-electron chi connectivity index (χ0n) is 10.5. The Morgan fingerprint density at radius 1 is 1.37 bits per heavy atom. The van der Waals surface area contributed by atoms with E-state index in [1.54, 1.807) is 7.11 Å². The number of ether oxygens (including phenoxy) is 2. The van der Waals surface area contributed by atoms with E-state index in [-0.39, 0.29) is 0 Å². The van der Waals surface area contributed by atoms with E-state index in [9.17, 15) is 0 Å². The highest BCUT2D eigenvalue weighted by molar-refractivity contribution is 5.52. The first-order valence-electron chi connectivity index (χ1n) is 5.64. The Morgan fingerprint density at radius 2 is 2.21 bits per heavy atom. The highest BCUT2D eigenvalue weighted by Crippen LogP contribution is 2.20. The van der Waals surface area contributed by atoms with Crippen LogP contribution in [0.25, 0.3) is 0 Å². The monoisotopic (exact) mass is 255 g/mol. The van der Waals surface area contributed by atoms with Gasteiger partial charge in [0.1, 0.15) is 18.4 Å². The van der Waals surface area contributed by atoms with Gasteiger partial charge >= 0.3 is 0 Å². The first-order valence-corrected chi connectivity index (χ1v) is 5.64. The molecule has 2 rings (SSSR count). The molecule has 0 saturated heterocycles. The highest BCUT2D eigenvalue weighted by atomic mass is 16.5. The zero-order valence-corrected chi connectivity index (χ0v) is 10.5. The second-order valence-corrected chi connectivity index (χ2v) is 3.87. The summed E-state index contributed by atoms with van der Waals surface area (Å²) in [5.41, 5.74) is 7.46. The smallest absolute Gasteiger partial charge is 0.237 e. The average molecular weight is 255 g/mol. The van der Waals surface area contributed by atoms with Crippen LogP contribution in [-0.4, -0.2) is 12.1 Å². The van der Waals surface area contributed by atoms with Gasteiger partial charge in [0.25, 0.3) is 0 Å². The van der Waals surface area contributed by atoms with Crippen LogP contribution in [0, 0.1) is 11.3 Å². The molecule has 0 aliphatic rings. The van der Waals surface area contributed by atoms with Gasteiger partial charge in [-0.15, -0.1) is 0 Å². The Hall–Kier alpha value is -2.74. The summed E-state index contributed by atoms with van der Waals surface area (Å²) < 4.78 is 10.6. The third-order valence-corrected chi connectivity index (χ3v) is 2.52. The molecular weight excluding hydrogens is 242 g/mol. The van der Waals surface area contributed by atoms with Crippen LogP contribution < -0.4 is 15.2 Å². The van der Waals surface area contributed by atoms with Crippen molar-refractivity contribution in [1.82, 2.24) is 4.98 Å². The lowest BCUT2D eigenvalue weighted by atomic mass is 10.2. The van der Waals surface area contributed by atoms with Crippen LogP contribution in [0.2, 0.25) is 0 Å². The van der Waals surface area contributed by atoms with Crippen LogP contribution in [0.15, 0.2) is 36.5 Å². The van der Waals surface area contributed by atoms with E-state index in [1.165, 1.54) is 12.3 Å². The average Bonchev–Trinajstić information content (AvgIpc) is 2.46. The molecule has 0 spiro atoms. The van der Waals surface area contributed by atoms with E-state index in [1.807, 2.05) is 30.3 Å². The molecule has 0 radical (unpaired) electrons. The summed E-state index contributed by atoms with van der Waals surface area (Å²) in [6.07, 6.45) is 1.43. The van der Waals surface area contributed by atoms with Gasteiger partial charge < -0.3 is 15.2 Å².